The van der Waals surface area contributed by atoms with Crippen molar-refractivity contribution in [2.75, 3.05) is 0 Å². The Morgan fingerprint density at radius 2 is 2.20 bits per heavy atom. The summed E-state index contributed by atoms with van der Waals surface area (Å²) in [6.07, 6.45) is 1.77. The zero-order valence-electron chi connectivity index (χ0n) is 11.7. The lowest BCUT2D eigenvalue weighted by molar-refractivity contribution is 0.205. The number of aromatic nitrogens is 1. The first kappa shape index (κ1) is 15.1. The molecule has 0 spiro atoms. The van der Waals surface area contributed by atoms with Gasteiger partial charge in [0.15, 0.2) is 0 Å². The Bertz CT molecular complexity index is 564. The number of nitrogens with two attached hydrogens (primary N) is 1. The van der Waals surface area contributed by atoms with Crippen molar-refractivity contribution in [3.8, 4) is 0 Å². The summed E-state index contributed by atoms with van der Waals surface area (Å²) in [4.78, 5) is 8.33. The summed E-state index contributed by atoms with van der Waals surface area (Å²) < 4.78 is 0. The molecule has 0 saturated heterocycles. The minimum absolute atomic E-state index is 0.348. The molecule has 20 heavy (non-hydrogen) atoms. The Morgan fingerprint density at radius 3 is 2.80 bits per heavy atom. The van der Waals surface area contributed by atoms with E-state index in [0.717, 1.165) is 13.1 Å². The van der Waals surface area contributed by atoms with Crippen molar-refractivity contribution in [3.63, 3.8) is 0 Å². The Morgan fingerprint density at radius 1 is 1.40 bits per heavy atom. The van der Waals surface area contributed by atoms with Crippen LogP contribution in [0.5, 0.6) is 0 Å². The number of hydrogen-bond donors (Lipinski definition) is 1. The van der Waals surface area contributed by atoms with Crippen molar-refractivity contribution in [1.82, 2.24) is 9.88 Å². The van der Waals surface area contributed by atoms with E-state index in [9.17, 15) is 0 Å². The summed E-state index contributed by atoms with van der Waals surface area (Å²) in [5.41, 5.74) is 7.52. The maximum Gasteiger partial charge on any atom is 0.122 e. The summed E-state index contributed by atoms with van der Waals surface area (Å²) in [7, 11) is 0. The first-order chi connectivity index (χ1) is 9.56. The van der Waals surface area contributed by atoms with Crippen LogP contribution in [-0.2, 0) is 13.1 Å². The number of pyridine rings is 1. The minimum atomic E-state index is 0.348. The predicted molar refractivity (Wildman–Crippen MR) is 88.8 cm³/mol. The average molecular weight is 305 g/mol. The molecule has 106 valence electrons. The van der Waals surface area contributed by atoms with Crippen molar-refractivity contribution in [3.05, 3.63) is 52.0 Å². The van der Waals surface area contributed by atoms with Gasteiger partial charge in [-0.25, -0.2) is 0 Å². The Labute approximate surface area is 129 Å². The van der Waals surface area contributed by atoms with Crippen LogP contribution in [0.4, 0.5) is 0 Å². The topological polar surface area (TPSA) is 42.2 Å². The van der Waals surface area contributed by atoms with Crippen LogP contribution in [0.25, 0.3) is 0 Å². The third-order valence-corrected chi connectivity index (χ3v) is 4.20. The van der Waals surface area contributed by atoms with Crippen molar-refractivity contribution < 1.29 is 0 Å². The van der Waals surface area contributed by atoms with Gasteiger partial charge in [0.25, 0.3) is 0 Å². The van der Waals surface area contributed by atoms with E-state index >= 15 is 0 Å². The van der Waals surface area contributed by atoms with Crippen LogP contribution in [0.1, 0.15) is 30.0 Å². The van der Waals surface area contributed by atoms with Gasteiger partial charge in [0.1, 0.15) is 4.99 Å². The molecule has 0 aliphatic carbocycles. The van der Waals surface area contributed by atoms with Crippen LogP contribution in [-0.4, -0.2) is 20.9 Å². The van der Waals surface area contributed by atoms with Crippen molar-refractivity contribution >= 4 is 28.5 Å². The maximum absolute atomic E-state index is 5.64. The molecule has 0 radical (unpaired) electrons. The molecule has 3 nitrogen and oxygen atoms in total. The summed E-state index contributed by atoms with van der Waals surface area (Å²) in [5.74, 6) is 0. The van der Waals surface area contributed by atoms with Crippen molar-refractivity contribution in [2.24, 2.45) is 5.73 Å². The van der Waals surface area contributed by atoms with Gasteiger partial charge in [0.2, 0.25) is 0 Å². The van der Waals surface area contributed by atoms with E-state index in [-0.39, 0.29) is 0 Å². The van der Waals surface area contributed by atoms with E-state index in [4.69, 9.17) is 18.0 Å². The molecular formula is C15H19N3S2. The first-order valence-corrected chi connectivity index (χ1v) is 7.86. The van der Waals surface area contributed by atoms with E-state index in [1.54, 1.807) is 17.5 Å². The number of hydrogen-bond acceptors (Lipinski definition) is 4. The largest absolute Gasteiger partial charge is 0.388 e. The number of thiophene rings is 1. The fourth-order valence-electron chi connectivity index (χ4n) is 1.97. The van der Waals surface area contributed by atoms with Gasteiger partial charge < -0.3 is 5.73 Å². The molecule has 2 rings (SSSR count). The molecule has 0 aromatic carbocycles. The molecule has 5 heteroatoms. The van der Waals surface area contributed by atoms with Gasteiger partial charge in [-0.1, -0.05) is 18.3 Å². The highest BCUT2D eigenvalue weighted by Gasteiger charge is 2.12. The van der Waals surface area contributed by atoms with Crippen LogP contribution in [0.2, 0.25) is 0 Å². The smallest absolute Gasteiger partial charge is 0.122 e. The molecule has 2 aromatic rings. The molecule has 0 unspecified atom stereocenters. The lowest BCUT2D eigenvalue weighted by Crippen LogP contribution is -2.29. The molecule has 0 aliphatic heterocycles. The summed E-state index contributed by atoms with van der Waals surface area (Å²) in [6.45, 7) is 6.25. The highest BCUT2D eigenvalue weighted by Crippen LogP contribution is 2.16. The Hall–Kier alpha value is -1.30. The van der Waals surface area contributed by atoms with E-state index in [1.165, 1.54) is 10.4 Å². The van der Waals surface area contributed by atoms with E-state index in [2.05, 4.69) is 41.2 Å². The molecule has 2 heterocycles. The average Bonchev–Trinajstić information content (AvgIpc) is 2.91. The van der Waals surface area contributed by atoms with Crippen molar-refractivity contribution in [1.29, 1.82) is 0 Å². The second-order valence-electron chi connectivity index (χ2n) is 4.99. The maximum atomic E-state index is 5.64. The summed E-state index contributed by atoms with van der Waals surface area (Å²) in [6, 6.07) is 8.74. The standard InChI is InChI=1S/C15H19N3S2/c1-11(2)18(10-13-4-3-7-20-13)9-12-5-6-17-14(8-12)15(16)19/h3-8,11H,9-10H2,1-2H3,(H2,16,19). The van der Waals surface area contributed by atoms with E-state index in [1.807, 2.05) is 12.1 Å². The fraction of sp³-hybridized carbons (Fsp3) is 0.333. The van der Waals surface area contributed by atoms with Gasteiger partial charge in [0.05, 0.1) is 5.69 Å². The monoisotopic (exact) mass is 305 g/mol. The molecular weight excluding hydrogens is 286 g/mol. The molecule has 0 atom stereocenters. The third-order valence-electron chi connectivity index (χ3n) is 3.13. The number of nitrogens with zero attached hydrogens (tertiary/aromatic N) is 2. The lowest BCUT2D eigenvalue weighted by Gasteiger charge is -2.26. The second kappa shape index (κ2) is 6.92. The first-order valence-electron chi connectivity index (χ1n) is 6.57. The Balaban J connectivity index is 2.11. The van der Waals surface area contributed by atoms with E-state index < -0.39 is 0 Å². The fourth-order valence-corrected chi connectivity index (χ4v) is 2.81. The van der Waals surface area contributed by atoms with Gasteiger partial charge in [-0.05, 0) is 43.0 Å². The lowest BCUT2D eigenvalue weighted by atomic mass is 10.2. The number of rotatable bonds is 6. The van der Waals surface area contributed by atoms with Crippen LogP contribution in [0, 0.1) is 0 Å². The summed E-state index contributed by atoms with van der Waals surface area (Å²) in [5, 5.41) is 2.12. The highest BCUT2D eigenvalue weighted by atomic mass is 32.1. The minimum Gasteiger partial charge on any atom is -0.388 e. The Kier molecular flexibility index (Phi) is 5.23. The molecule has 0 saturated carbocycles. The molecule has 2 aromatic heterocycles. The molecule has 2 N–H and O–H groups in total. The zero-order valence-corrected chi connectivity index (χ0v) is 13.4. The summed E-state index contributed by atoms with van der Waals surface area (Å²) >= 11 is 6.78. The van der Waals surface area contributed by atoms with E-state index in [0.29, 0.717) is 16.7 Å². The zero-order chi connectivity index (χ0) is 14.5. The normalized spacial score (nSPS) is 11.2. The van der Waals surface area contributed by atoms with Gasteiger partial charge in [-0.2, -0.15) is 0 Å². The van der Waals surface area contributed by atoms with Gasteiger partial charge >= 0.3 is 0 Å². The third kappa shape index (κ3) is 4.10. The quantitative estimate of drug-likeness (QED) is 0.832. The van der Waals surface area contributed by atoms with Crippen LogP contribution in [0.15, 0.2) is 35.8 Å². The molecule has 0 aliphatic rings. The second-order valence-corrected chi connectivity index (χ2v) is 6.46. The van der Waals surface area contributed by atoms with Gasteiger partial charge in [-0.3, -0.25) is 9.88 Å². The van der Waals surface area contributed by atoms with Crippen LogP contribution >= 0.6 is 23.6 Å². The molecule has 0 bridgehead atoms. The van der Waals surface area contributed by atoms with Crippen LogP contribution < -0.4 is 5.73 Å². The van der Waals surface area contributed by atoms with Gasteiger partial charge in [0, 0.05) is 30.2 Å². The predicted octanol–water partition coefficient (Wildman–Crippen LogP) is 3.19. The van der Waals surface area contributed by atoms with Crippen LogP contribution in [0.3, 0.4) is 0 Å². The molecule has 0 amide bonds. The SMILES string of the molecule is CC(C)N(Cc1ccnc(C(N)=S)c1)Cc1cccs1. The molecule has 0 fully saturated rings. The van der Waals surface area contributed by atoms with Gasteiger partial charge in [-0.15, -0.1) is 11.3 Å². The number of thiocarbonyl (C=S) groups is 1. The van der Waals surface area contributed by atoms with Crippen molar-refractivity contribution in [2.45, 2.75) is 33.0 Å². The highest BCUT2D eigenvalue weighted by molar-refractivity contribution is 7.80.